The summed E-state index contributed by atoms with van der Waals surface area (Å²) in [5.41, 5.74) is 2.18. The van der Waals surface area contributed by atoms with E-state index in [-0.39, 0.29) is 17.9 Å². The molecule has 1 saturated heterocycles. The number of carbonyl (C=O) groups excluding carboxylic acids is 1. The largest absolute Gasteiger partial charge is 0.353 e. The standard InChI is InChI=1S/C17H19BrN2O/c1-10(2)8-15-13(9-16(21)20-15)11-5-6-14(18)12-4-3-7-19-17(11)12/h3-7,10,13,15H,8-9H2,1-2H3,(H,20,21). The molecule has 1 fully saturated rings. The highest BCUT2D eigenvalue weighted by Crippen LogP contribution is 2.37. The van der Waals surface area contributed by atoms with E-state index in [1.54, 1.807) is 0 Å². The summed E-state index contributed by atoms with van der Waals surface area (Å²) in [7, 11) is 0. The zero-order valence-corrected chi connectivity index (χ0v) is 13.9. The summed E-state index contributed by atoms with van der Waals surface area (Å²) in [6.45, 7) is 4.39. The van der Waals surface area contributed by atoms with Gasteiger partial charge in [-0.3, -0.25) is 9.78 Å². The number of fused-ring (bicyclic) bond motifs is 1. The molecule has 21 heavy (non-hydrogen) atoms. The lowest BCUT2D eigenvalue weighted by Gasteiger charge is -2.22. The van der Waals surface area contributed by atoms with Crippen molar-refractivity contribution >= 4 is 32.7 Å². The molecule has 2 aromatic rings. The molecule has 0 aliphatic carbocycles. The lowest BCUT2D eigenvalue weighted by molar-refractivity contribution is -0.119. The van der Waals surface area contributed by atoms with Gasteiger partial charge in [0.1, 0.15) is 0 Å². The van der Waals surface area contributed by atoms with E-state index in [4.69, 9.17) is 0 Å². The second-order valence-electron chi connectivity index (χ2n) is 6.15. The van der Waals surface area contributed by atoms with Crippen LogP contribution in [0.5, 0.6) is 0 Å². The predicted molar refractivity (Wildman–Crippen MR) is 88.2 cm³/mol. The van der Waals surface area contributed by atoms with Crippen molar-refractivity contribution in [3.05, 3.63) is 40.5 Å². The van der Waals surface area contributed by atoms with Gasteiger partial charge in [-0.25, -0.2) is 0 Å². The van der Waals surface area contributed by atoms with Gasteiger partial charge in [0.15, 0.2) is 0 Å². The number of carbonyl (C=O) groups is 1. The quantitative estimate of drug-likeness (QED) is 0.911. The molecular weight excluding hydrogens is 328 g/mol. The summed E-state index contributed by atoms with van der Waals surface area (Å²) < 4.78 is 1.05. The molecule has 0 radical (unpaired) electrons. The van der Waals surface area contributed by atoms with E-state index in [0.717, 1.165) is 21.8 Å². The maximum atomic E-state index is 11.9. The monoisotopic (exact) mass is 346 g/mol. The summed E-state index contributed by atoms with van der Waals surface area (Å²) in [5, 5.41) is 4.24. The number of hydrogen-bond donors (Lipinski definition) is 1. The van der Waals surface area contributed by atoms with E-state index < -0.39 is 0 Å². The molecule has 3 nitrogen and oxygen atoms in total. The zero-order chi connectivity index (χ0) is 15.0. The van der Waals surface area contributed by atoms with Crippen LogP contribution < -0.4 is 5.32 Å². The molecule has 2 unspecified atom stereocenters. The van der Waals surface area contributed by atoms with Gasteiger partial charge in [-0.15, -0.1) is 0 Å². The van der Waals surface area contributed by atoms with Gasteiger partial charge in [-0.05, 0) is 30.0 Å². The van der Waals surface area contributed by atoms with Crippen LogP contribution in [0.3, 0.4) is 0 Å². The maximum absolute atomic E-state index is 11.9. The molecule has 1 amide bonds. The van der Waals surface area contributed by atoms with Gasteiger partial charge in [0.25, 0.3) is 0 Å². The number of rotatable bonds is 3. The summed E-state index contributed by atoms with van der Waals surface area (Å²) in [4.78, 5) is 16.4. The molecule has 110 valence electrons. The number of amides is 1. The molecule has 1 aliphatic rings. The highest BCUT2D eigenvalue weighted by molar-refractivity contribution is 9.10. The van der Waals surface area contributed by atoms with Gasteiger partial charge in [0.05, 0.1) is 5.52 Å². The fourth-order valence-corrected chi connectivity index (χ4v) is 3.68. The third kappa shape index (κ3) is 2.82. The summed E-state index contributed by atoms with van der Waals surface area (Å²) in [5.74, 6) is 0.925. The van der Waals surface area contributed by atoms with Gasteiger partial charge in [0.2, 0.25) is 5.91 Å². The van der Waals surface area contributed by atoms with Crippen LogP contribution in [0.15, 0.2) is 34.9 Å². The summed E-state index contributed by atoms with van der Waals surface area (Å²) >= 11 is 3.58. The zero-order valence-electron chi connectivity index (χ0n) is 12.3. The second-order valence-corrected chi connectivity index (χ2v) is 7.00. The molecule has 1 aromatic carbocycles. The van der Waals surface area contributed by atoms with Crippen molar-refractivity contribution in [2.75, 3.05) is 0 Å². The summed E-state index contributed by atoms with van der Waals surface area (Å²) in [6, 6.07) is 8.40. The Morgan fingerprint density at radius 2 is 2.19 bits per heavy atom. The molecule has 1 aliphatic heterocycles. The molecule has 3 rings (SSSR count). The van der Waals surface area contributed by atoms with E-state index in [1.165, 1.54) is 5.56 Å². The van der Waals surface area contributed by atoms with Crippen LogP contribution in [0.25, 0.3) is 10.9 Å². The first-order chi connectivity index (χ1) is 10.1. The minimum absolute atomic E-state index is 0.151. The first-order valence-corrected chi connectivity index (χ1v) is 8.18. The first-order valence-electron chi connectivity index (χ1n) is 7.38. The van der Waals surface area contributed by atoms with Crippen LogP contribution in [0.2, 0.25) is 0 Å². The van der Waals surface area contributed by atoms with Crippen molar-refractivity contribution in [2.45, 2.75) is 38.6 Å². The van der Waals surface area contributed by atoms with Crippen molar-refractivity contribution in [3.63, 3.8) is 0 Å². The Balaban J connectivity index is 2.07. The smallest absolute Gasteiger partial charge is 0.220 e. The van der Waals surface area contributed by atoms with E-state index >= 15 is 0 Å². The number of nitrogens with zero attached hydrogens (tertiary/aromatic N) is 1. The van der Waals surface area contributed by atoms with Gasteiger partial charge in [-0.1, -0.05) is 41.9 Å². The normalized spacial score (nSPS) is 22.0. The molecule has 2 heterocycles. The van der Waals surface area contributed by atoms with Crippen molar-refractivity contribution in [1.82, 2.24) is 10.3 Å². The molecule has 0 spiro atoms. The molecule has 0 bridgehead atoms. The van der Waals surface area contributed by atoms with E-state index in [1.807, 2.05) is 12.3 Å². The number of nitrogens with one attached hydrogen (secondary N) is 1. The SMILES string of the molecule is CC(C)CC1NC(=O)CC1c1ccc(Br)c2cccnc12. The Bertz CT molecular complexity index is 684. The van der Waals surface area contributed by atoms with Crippen LogP contribution in [0, 0.1) is 5.92 Å². The number of hydrogen-bond acceptors (Lipinski definition) is 2. The van der Waals surface area contributed by atoms with Crippen LogP contribution in [0.4, 0.5) is 0 Å². The maximum Gasteiger partial charge on any atom is 0.220 e. The number of halogens is 1. The highest BCUT2D eigenvalue weighted by atomic mass is 79.9. The minimum Gasteiger partial charge on any atom is -0.353 e. The summed E-state index contributed by atoms with van der Waals surface area (Å²) in [6.07, 6.45) is 3.38. The van der Waals surface area contributed by atoms with Crippen LogP contribution in [0.1, 0.15) is 38.2 Å². The van der Waals surface area contributed by atoms with Crippen LogP contribution in [-0.4, -0.2) is 16.9 Å². The van der Waals surface area contributed by atoms with Gasteiger partial charge in [0, 0.05) is 34.4 Å². The Kier molecular flexibility index (Phi) is 3.98. The van der Waals surface area contributed by atoms with Gasteiger partial charge in [-0.2, -0.15) is 0 Å². The predicted octanol–water partition coefficient (Wildman–Crippen LogP) is 4.02. The lowest BCUT2D eigenvalue weighted by Crippen LogP contribution is -2.29. The average molecular weight is 347 g/mol. The average Bonchev–Trinajstić information content (AvgIpc) is 2.79. The number of pyridine rings is 1. The Hall–Kier alpha value is -1.42. The van der Waals surface area contributed by atoms with Crippen molar-refractivity contribution in [2.24, 2.45) is 5.92 Å². The molecule has 0 saturated carbocycles. The number of benzene rings is 1. The van der Waals surface area contributed by atoms with E-state index in [9.17, 15) is 4.79 Å². The van der Waals surface area contributed by atoms with Crippen LogP contribution in [-0.2, 0) is 4.79 Å². The Morgan fingerprint density at radius 1 is 1.38 bits per heavy atom. The fraction of sp³-hybridized carbons (Fsp3) is 0.412. The number of aromatic nitrogens is 1. The Morgan fingerprint density at radius 3 is 2.95 bits per heavy atom. The third-order valence-electron chi connectivity index (χ3n) is 4.11. The first kappa shape index (κ1) is 14.5. The third-order valence-corrected chi connectivity index (χ3v) is 4.80. The molecule has 4 heteroatoms. The molecule has 1 N–H and O–H groups in total. The van der Waals surface area contributed by atoms with Crippen LogP contribution >= 0.6 is 15.9 Å². The van der Waals surface area contributed by atoms with Gasteiger partial charge >= 0.3 is 0 Å². The van der Waals surface area contributed by atoms with E-state index in [0.29, 0.717) is 12.3 Å². The van der Waals surface area contributed by atoms with Crippen molar-refractivity contribution in [1.29, 1.82) is 0 Å². The Labute approximate surface area is 133 Å². The van der Waals surface area contributed by atoms with Gasteiger partial charge < -0.3 is 5.32 Å². The minimum atomic E-state index is 0.151. The highest BCUT2D eigenvalue weighted by Gasteiger charge is 2.34. The molecular formula is C17H19BrN2O. The van der Waals surface area contributed by atoms with Crippen molar-refractivity contribution < 1.29 is 4.79 Å². The van der Waals surface area contributed by atoms with E-state index in [2.05, 4.69) is 58.3 Å². The van der Waals surface area contributed by atoms with Crippen molar-refractivity contribution in [3.8, 4) is 0 Å². The fourth-order valence-electron chi connectivity index (χ4n) is 3.22. The molecule has 2 atom stereocenters. The molecule has 1 aromatic heterocycles. The topological polar surface area (TPSA) is 42.0 Å². The second kappa shape index (κ2) is 5.76. The lowest BCUT2D eigenvalue weighted by atomic mass is 9.86.